The van der Waals surface area contributed by atoms with E-state index < -0.39 is 0 Å². The molecular weight excluding hydrogens is 318 g/mol. The predicted octanol–water partition coefficient (Wildman–Crippen LogP) is 3.37. The maximum atomic E-state index is 12.5. The van der Waals surface area contributed by atoms with Crippen LogP contribution in [0.4, 0.5) is 0 Å². The highest BCUT2D eigenvalue weighted by Gasteiger charge is 2.33. The molecule has 0 atom stereocenters. The Balaban J connectivity index is 1.38. The van der Waals surface area contributed by atoms with Gasteiger partial charge in [0.05, 0.1) is 5.01 Å². The second-order valence-corrected chi connectivity index (χ2v) is 6.92. The first kappa shape index (κ1) is 15.0. The monoisotopic (exact) mass is 335 g/mol. The van der Waals surface area contributed by atoms with Crippen molar-refractivity contribution in [3.8, 4) is 0 Å². The summed E-state index contributed by atoms with van der Waals surface area (Å²) in [6.07, 6.45) is 4.43. The molecule has 120 valence electrons. The zero-order chi connectivity index (χ0) is 16.4. The van der Waals surface area contributed by atoms with E-state index in [0.29, 0.717) is 11.6 Å². The number of benzene rings is 1. The number of aromatic nitrogens is 2. The van der Waals surface area contributed by atoms with E-state index in [1.54, 1.807) is 17.5 Å². The van der Waals surface area contributed by atoms with Gasteiger partial charge in [-0.15, -0.1) is 11.3 Å². The molecule has 0 spiro atoms. The number of amides is 1. The molecule has 1 aromatic carbocycles. The molecule has 1 aliphatic heterocycles. The Labute approximate surface area is 144 Å². The maximum Gasteiger partial charge on any atom is 0.273 e. The van der Waals surface area contributed by atoms with Crippen LogP contribution in [0.3, 0.4) is 0 Å². The van der Waals surface area contributed by atoms with Crippen molar-refractivity contribution in [1.29, 1.82) is 0 Å². The van der Waals surface area contributed by atoms with Crippen LogP contribution in [-0.4, -0.2) is 33.9 Å². The number of likely N-dealkylation sites (tertiary alicyclic amines) is 1. The molecule has 0 aliphatic carbocycles. The van der Waals surface area contributed by atoms with E-state index in [1.165, 1.54) is 11.1 Å². The van der Waals surface area contributed by atoms with E-state index in [-0.39, 0.29) is 5.91 Å². The molecule has 0 N–H and O–H groups in total. The van der Waals surface area contributed by atoms with Gasteiger partial charge in [0.25, 0.3) is 5.91 Å². The van der Waals surface area contributed by atoms with Crippen molar-refractivity contribution in [2.75, 3.05) is 13.1 Å². The molecule has 4 rings (SSSR count). The van der Waals surface area contributed by atoms with Crippen molar-refractivity contribution in [3.05, 3.63) is 82.1 Å². The fourth-order valence-electron chi connectivity index (χ4n) is 2.90. The van der Waals surface area contributed by atoms with Crippen LogP contribution in [0.15, 0.2) is 60.2 Å². The summed E-state index contributed by atoms with van der Waals surface area (Å²) >= 11 is 1.55. The molecule has 4 nitrogen and oxygen atoms in total. The Hall–Kier alpha value is -2.53. The van der Waals surface area contributed by atoms with Gasteiger partial charge in [-0.2, -0.15) is 0 Å². The summed E-state index contributed by atoms with van der Waals surface area (Å²) in [7, 11) is 0. The van der Waals surface area contributed by atoms with Crippen LogP contribution in [0.2, 0.25) is 0 Å². The molecule has 24 heavy (non-hydrogen) atoms. The highest BCUT2D eigenvalue weighted by Crippen LogP contribution is 2.28. The topological polar surface area (TPSA) is 46.1 Å². The van der Waals surface area contributed by atoms with Gasteiger partial charge >= 0.3 is 0 Å². The lowest BCUT2D eigenvalue weighted by Gasteiger charge is -2.39. The van der Waals surface area contributed by atoms with Crippen LogP contribution in [-0.2, 0) is 6.42 Å². The van der Waals surface area contributed by atoms with Crippen LogP contribution in [0, 0.1) is 0 Å². The van der Waals surface area contributed by atoms with E-state index in [0.717, 1.165) is 24.5 Å². The fourth-order valence-corrected chi connectivity index (χ4v) is 3.70. The summed E-state index contributed by atoms with van der Waals surface area (Å²) in [4.78, 5) is 23.1. The molecule has 1 amide bonds. The van der Waals surface area contributed by atoms with E-state index >= 15 is 0 Å². The lowest BCUT2D eigenvalue weighted by Crippen LogP contribution is -2.48. The number of carbonyl (C=O) groups is 1. The molecule has 1 saturated heterocycles. The number of hydrogen-bond acceptors (Lipinski definition) is 4. The highest BCUT2D eigenvalue weighted by atomic mass is 32.1. The summed E-state index contributed by atoms with van der Waals surface area (Å²) in [6, 6.07) is 14.2. The van der Waals surface area contributed by atoms with Gasteiger partial charge in [-0.05, 0) is 17.2 Å². The standard InChI is InChI=1S/C19H17N3OS/c23-19(22-11-16(12-22)15-7-4-8-20-10-15)17-13-24-18(21-17)9-14-5-2-1-3-6-14/h1-8,10,13,16H,9,11-12H2. The molecule has 5 heteroatoms. The zero-order valence-electron chi connectivity index (χ0n) is 13.1. The first-order valence-electron chi connectivity index (χ1n) is 7.97. The predicted molar refractivity (Wildman–Crippen MR) is 94.2 cm³/mol. The molecule has 3 aromatic rings. The third-order valence-corrected chi connectivity index (χ3v) is 5.14. The summed E-state index contributed by atoms with van der Waals surface area (Å²) in [5.41, 5.74) is 2.98. The molecule has 0 radical (unpaired) electrons. The van der Waals surface area contributed by atoms with Crippen LogP contribution in [0.25, 0.3) is 0 Å². The summed E-state index contributed by atoms with van der Waals surface area (Å²) in [5, 5.41) is 2.85. The third-order valence-electron chi connectivity index (χ3n) is 4.29. The molecule has 0 saturated carbocycles. The minimum absolute atomic E-state index is 0.0331. The maximum absolute atomic E-state index is 12.5. The molecule has 3 heterocycles. The zero-order valence-corrected chi connectivity index (χ0v) is 13.9. The van der Waals surface area contributed by atoms with Gasteiger partial charge < -0.3 is 4.90 Å². The molecule has 0 bridgehead atoms. The van der Waals surface area contributed by atoms with E-state index in [2.05, 4.69) is 28.2 Å². The van der Waals surface area contributed by atoms with Gasteiger partial charge in [0, 0.05) is 43.2 Å². The third kappa shape index (κ3) is 3.08. The average Bonchev–Trinajstić information content (AvgIpc) is 3.04. The van der Waals surface area contributed by atoms with E-state index in [9.17, 15) is 4.79 Å². The number of hydrogen-bond donors (Lipinski definition) is 0. The van der Waals surface area contributed by atoms with Gasteiger partial charge in [0.2, 0.25) is 0 Å². The minimum Gasteiger partial charge on any atom is -0.336 e. The van der Waals surface area contributed by atoms with Crippen LogP contribution in [0.5, 0.6) is 0 Å². The second kappa shape index (κ2) is 6.53. The lowest BCUT2D eigenvalue weighted by molar-refractivity contribution is 0.0596. The van der Waals surface area contributed by atoms with Crippen molar-refractivity contribution in [2.45, 2.75) is 12.3 Å². The van der Waals surface area contributed by atoms with Gasteiger partial charge in [0.1, 0.15) is 5.69 Å². The molecule has 1 fully saturated rings. The number of pyridine rings is 1. The van der Waals surface area contributed by atoms with E-state index in [4.69, 9.17) is 0 Å². The van der Waals surface area contributed by atoms with Gasteiger partial charge in [-0.25, -0.2) is 4.98 Å². The van der Waals surface area contributed by atoms with Crippen LogP contribution in [0.1, 0.15) is 32.5 Å². The largest absolute Gasteiger partial charge is 0.336 e. The summed E-state index contributed by atoms with van der Waals surface area (Å²) in [5.74, 6) is 0.427. The molecule has 2 aromatic heterocycles. The van der Waals surface area contributed by atoms with Crippen molar-refractivity contribution >= 4 is 17.2 Å². The van der Waals surface area contributed by atoms with Gasteiger partial charge in [-0.1, -0.05) is 36.4 Å². The normalized spacial score (nSPS) is 14.4. The Morgan fingerprint density at radius 1 is 1.17 bits per heavy atom. The number of thiazole rings is 1. The number of rotatable bonds is 4. The van der Waals surface area contributed by atoms with Crippen LogP contribution < -0.4 is 0 Å². The Morgan fingerprint density at radius 2 is 2.00 bits per heavy atom. The first-order valence-corrected chi connectivity index (χ1v) is 8.85. The number of carbonyl (C=O) groups excluding carboxylic acids is 1. The lowest BCUT2D eigenvalue weighted by atomic mass is 9.92. The quantitative estimate of drug-likeness (QED) is 0.734. The van der Waals surface area contributed by atoms with Crippen molar-refractivity contribution < 1.29 is 4.79 Å². The summed E-state index contributed by atoms with van der Waals surface area (Å²) in [6.45, 7) is 1.49. The van der Waals surface area contributed by atoms with Crippen LogP contribution >= 0.6 is 11.3 Å². The van der Waals surface area contributed by atoms with Crippen molar-refractivity contribution in [3.63, 3.8) is 0 Å². The van der Waals surface area contributed by atoms with Crippen molar-refractivity contribution in [2.24, 2.45) is 0 Å². The molecule has 1 aliphatic rings. The Bertz CT molecular complexity index is 826. The fraction of sp³-hybridized carbons (Fsp3) is 0.211. The Kier molecular flexibility index (Phi) is 4.09. The first-order chi connectivity index (χ1) is 11.8. The molecule has 0 unspecified atom stereocenters. The summed E-state index contributed by atoms with van der Waals surface area (Å²) < 4.78 is 0. The van der Waals surface area contributed by atoms with Gasteiger partial charge in [-0.3, -0.25) is 9.78 Å². The SMILES string of the molecule is O=C(c1csc(Cc2ccccc2)n1)N1CC(c2cccnc2)C1. The smallest absolute Gasteiger partial charge is 0.273 e. The minimum atomic E-state index is 0.0331. The van der Waals surface area contributed by atoms with Gasteiger partial charge in [0.15, 0.2) is 0 Å². The highest BCUT2D eigenvalue weighted by molar-refractivity contribution is 7.09. The second-order valence-electron chi connectivity index (χ2n) is 5.98. The average molecular weight is 335 g/mol. The number of nitrogens with zero attached hydrogens (tertiary/aromatic N) is 3. The van der Waals surface area contributed by atoms with Crippen molar-refractivity contribution in [1.82, 2.24) is 14.9 Å². The Morgan fingerprint density at radius 3 is 2.75 bits per heavy atom. The van der Waals surface area contributed by atoms with E-state index in [1.807, 2.05) is 40.7 Å². The molecular formula is C19H17N3OS.